The van der Waals surface area contributed by atoms with Crippen molar-refractivity contribution in [2.24, 2.45) is 5.92 Å². The summed E-state index contributed by atoms with van der Waals surface area (Å²) < 4.78 is 6.64. The zero-order valence-electron chi connectivity index (χ0n) is 13.5. The molecule has 1 aromatic heterocycles. The molecule has 0 amide bonds. The summed E-state index contributed by atoms with van der Waals surface area (Å²) in [4.78, 5) is 12.5. The van der Waals surface area contributed by atoms with E-state index in [1.807, 2.05) is 38.1 Å². The van der Waals surface area contributed by atoms with Crippen LogP contribution in [-0.2, 0) is 10.5 Å². The molecular weight excluding hydrogens is 314 g/mol. The lowest BCUT2D eigenvalue weighted by atomic mass is 10.0. The Balaban J connectivity index is 2.02. The molecular formula is C16H21N3O3S. The van der Waals surface area contributed by atoms with E-state index < -0.39 is 12.0 Å². The number of carboxylic acid groups (broad SMARTS) is 1. The average molecular weight is 335 g/mol. The van der Waals surface area contributed by atoms with Crippen LogP contribution in [0.2, 0.25) is 0 Å². The molecule has 2 rings (SSSR count). The van der Waals surface area contributed by atoms with Gasteiger partial charge in [-0.15, -0.1) is 16.9 Å². The standard InChI is InChI=1S/C16H21N3O3S/c1-11(2)7-15(16(20)21)19-9-12(17-18-19)10-23-14-6-4-5-13(8-14)22-3/h4-6,8-9,11,15H,7,10H2,1-3H3,(H,20,21)/t15-/m0/s1. The van der Waals surface area contributed by atoms with E-state index in [4.69, 9.17) is 4.74 Å². The van der Waals surface area contributed by atoms with Crippen LogP contribution in [0.5, 0.6) is 5.75 Å². The second kappa shape index (κ2) is 8.01. The minimum absolute atomic E-state index is 0.273. The summed E-state index contributed by atoms with van der Waals surface area (Å²) in [6.45, 7) is 3.98. The molecule has 1 heterocycles. The van der Waals surface area contributed by atoms with E-state index in [0.29, 0.717) is 12.2 Å². The lowest BCUT2D eigenvalue weighted by Gasteiger charge is -2.13. The highest BCUT2D eigenvalue weighted by atomic mass is 32.2. The first-order valence-corrected chi connectivity index (χ1v) is 8.38. The summed E-state index contributed by atoms with van der Waals surface area (Å²) in [5.41, 5.74) is 0.757. The lowest BCUT2D eigenvalue weighted by molar-refractivity contribution is -0.141. The fourth-order valence-corrected chi connectivity index (χ4v) is 2.97. The first-order chi connectivity index (χ1) is 11.0. The van der Waals surface area contributed by atoms with E-state index in [0.717, 1.165) is 16.3 Å². The molecule has 0 saturated carbocycles. The zero-order chi connectivity index (χ0) is 16.8. The molecule has 7 heteroatoms. The van der Waals surface area contributed by atoms with Crippen molar-refractivity contribution in [3.63, 3.8) is 0 Å². The smallest absolute Gasteiger partial charge is 0.328 e. The van der Waals surface area contributed by atoms with Crippen LogP contribution in [-0.4, -0.2) is 33.2 Å². The van der Waals surface area contributed by atoms with Crippen molar-refractivity contribution in [3.8, 4) is 5.75 Å². The SMILES string of the molecule is COc1cccc(SCc2cn([C@@H](CC(C)C)C(=O)O)nn2)c1. The molecule has 0 spiro atoms. The first kappa shape index (κ1) is 17.3. The van der Waals surface area contributed by atoms with Crippen LogP contribution in [0.15, 0.2) is 35.4 Å². The van der Waals surface area contributed by atoms with Gasteiger partial charge in [0.05, 0.1) is 19.0 Å². The molecule has 2 aromatic rings. The molecule has 23 heavy (non-hydrogen) atoms. The van der Waals surface area contributed by atoms with Gasteiger partial charge < -0.3 is 9.84 Å². The van der Waals surface area contributed by atoms with Crippen molar-refractivity contribution in [1.29, 1.82) is 0 Å². The van der Waals surface area contributed by atoms with Crippen molar-refractivity contribution in [1.82, 2.24) is 15.0 Å². The van der Waals surface area contributed by atoms with Gasteiger partial charge in [0.15, 0.2) is 6.04 Å². The number of nitrogens with zero attached hydrogens (tertiary/aromatic N) is 3. The topological polar surface area (TPSA) is 77.2 Å². The zero-order valence-corrected chi connectivity index (χ0v) is 14.3. The van der Waals surface area contributed by atoms with E-state index in [1.54, 1.807) is 25.1 Å². The largest absolute Gasteiger partial charge is 0.497 e. The summed E-state index contributed by atoms with van der Waals surface area (Å²) >= 11 is 1.61. The summed E-state index contributed by atoms with van der Waals surface area (Å²) in [6.07, 6.45) is 2.25. The maximum atomic E-state index is 11.4. The highest BCUT2D eigenvalue weighted by molar-refractivity contribution is 7.98. The molecule has 1 atom stereocenters. The predicted molar refractivity (Wildman–Crippen MR) is 88.7 cm³/mol. The third-order valence-electron chi connectivity index (χ3n) is 3.28. The fourth-order valence-electron chi connectivity index (χ4n) is 2.15. The maximum Gasteiger partial charge on any atom is 0.328 e. The Kier molecular flexibility index (Phi) is 6.04. The normalized spacial score (nSPS) is 12.3. The van der Waals surface area contributed by atoms with E-state index in [2.05, 4.69) is 10.3 Å². The van der Waals surface area contributed by atoms with Gasteiger partial charge in [0.1, 0.15) is 5.75 Å². The fraction of sp³-hybridized carbons (Fsp3) is 0.438. The van der Waals surface area contributed by atoms with E-state index in [1.165, 1.54) is 4.68 Å². The van der Waals surface area contributed by atoms with Gasteiger partial charge in [0.25, 0.3) is 0 Å². The maximum absolute atomic E-state index is 11.4. The highest BCUT2D eigenvalue weighted by Gasteiger charge is 2.22. The van der Waals surface area contributed by atoms with E-state index >= 15 is 0 Å². The van der Waals surface area contributed by atoms with Crippen molar-refractivity contribution < 1.29 is 14.6 Å². The van der Waals surface area contributed by atoms with Gasteiger partial charge in [-0.1, -0.05) is 25.1 Å². The molecule has 0 aliphatic heterocycles. The summed E-state index contributed by atoms with van der Waals surface area (Å²) in [6, 6.07) is 7.10. The van der Waals surface area contributed by atoms with Crippen molar-refractivity contribution in [3.05, 3.63) is 36.2 Å². The Bertz CT molecular complexity index is 658. The Hall–Kier alpha value is -2.02. The van der Waals surface area contributed by atoms with E-state index in [9.17, 15) is 9.90 Å². The van der Waals surface area contributed by atoms with E-state index in [-0.39, 0.29) is 5.92 Å². The molecule has 0 unspecified atom stereocenters. The minimum atomic E-state index is -0.879. The van der Waals surface area contributed by atoms with Crippen LogP contribution in [0.3, 0.4) is 0 Å². The number of hydrogen-bond acceptors (Lipinski definition) is 5. The second-order valence-electron chi connectivity index (χ2n) is 5.64. The Morgan fingerprint density at radius 2 is 2.22 bits per heavy atom. The van der Waals surface area contributed by atoms with Crippen molar-refractivity contribution in [2.75, 3.05) is 7.11 Å². The quantitative estimate of drug-likeness (QED) is 0.746. The molecule has 0 aliphatic carbocycles. The number of carbonyl (C=O) groups is 1. The number of aromatic nitrogens is 3. The molecule has 0 aliphatic rings. The third kappa shape index (κ3) is 4.99. The molecule has 0 saturated heterocycles. The monoisotopic (exact) mass is 335 g/mol. The highest BCUT2D eigenvalue weighted by Crippen LogP contribution is 2.26. The van der Waals surface area contributed by atoms with Gasteiger partial charge in [0, 0.05) is 10.6 Å². The van der Waals surface area contributed by atoms with Gasteiger partial charge in [0.2, 0.25) is 0 Å². The Labute approximate surface area is 139 Å². The van der Waals surface area contributed by atoms with Crippen LogP contribution in [0.1, 0.15) is 32.0 Å². The average Bonchev–Trinajstić information content (AvgIpc) is 2.99. The van der Waals surface area contributed by atoms with Gasteiger partial charge in [-0.05, 0) is 30.5 Å². The third-order valence-corrected chi connectivity index (χ3v) is 4.31. The lowest BCUT2D eigenvalue weighted by Crippen LogP contribution is -2.21. The molecule has 0 radical (unpaired) electrons. The number of ether oxygens (including phenoxy) is 1. The first-order valence-electron chi connectivity index (χ1n) is 7.40. The number of aliphatic carboxylic acids is 1. The summed E-state index contributed by atoms with van der Waals surface area (Å²) in [7, 11) is 1.64. The van der Waals surface area contributed by atoms with Gasteiger partial charge in [-0.25, -0.2) is 9.48 Å². The summed E-state index contributed by atoms with van der Waals surface area (Å²) in [5, 5.41) is 17.4. The van der Waals surface area contributed by atoms with Crippen molar-refractivity contribution in [2.45, 2.75) is 37.0 Å². The molecule has 1 aromatic carbocycles. The van der Waals surface area contributed by atoms with Crippen LogP contribution in [0.4, 0.5) is 0 Å². The van der Waals surface area contributed by atoms with Crippen LogP contribution in [0, 0.1) is 5.92 Å². The Morgan fingerprint density at radius 3 is 2.87 bits per heavy atom. The van der Waals surface area contributed by atoms with Gasteiger partial charge in [-0.2, -0.15) is 0 Å². The number of benzene rings is 1. The number of thioether (sulfide) groups is 1. The molecule has 0 fully saturated rings. The predicted octanol–water partition coefficient (Wildman–Crippen LogP) is 3.25. The molecule has 124 valence electrons. The number of hydrogen-bond donors (Lipinski definition) is 1. The van der Waals surface area contributed by atoms with Gasteiger partial charge >= 0.3 is 5.97 Å². The van der Waals surface area contributed by atoms with Crippen LogP contribution < -0.4 is 4.74 Å². The molecule has 6 nitrogen and oxygen atoms in total. The number of rotatable bonds is 8. The van der Waals surface area contributed by atoms with Crippen molar-refractivity contribution >= 4 is 17.7 Å². The second-order valence-corrected chi connectivity index (χ2v) is 6.69. The summed E-state index contributed by atoms with van der Waals surface area (Å²) in [5.74, 6) is 0.827. The number of carboxylic acids is 1. The van der Waals surface area contributed by atoms with Crippen LogP contribution >= 0.6 is 11.8 Å². The number of methoxy groups -OCH3 is 1. The van der Waals surface area contributed by atoms with Gasteiger partial charge in [-0.3, -0.25) is 0 Å². The molecule has 1 N–H and O–H groups in total. The van der Waals surface area contributed by atoms with Crippen LogP contribution in [0.25, 0.3) is 0 Å². The minimum Gasteiger partial charge on any atom is -0.497 e. The Morgan fingerprint density at radius 1 is 1.43 bits per heavy atom. The molecule has 0 bridgehead atoms.